The first-order chi connectivity index (χ1) is 9.94. The number of rotatable bonds is 6. The predicted octanol–water partition coefficient (Wildman–Crippen LogP) is 2.84. The third-order valence-electron chi connectivity index (χ3n) is 3.92. The van der Waals surface area contributed by atoms with Crippen molar-refractivity contribution in [3.8, 4) is 0 Å². The van der Waals surface area contributed by atoms with Gasteiger partial charge in [0.05, 0.1) is 6.42 Å². The standard InChI is InChI=1S/C14H27F3N4.HI/c1-3-21-10-5-12(6-11-21)4-8-19-13(18-2)20-9-7-14(15,16)17;/h12H,3-11H2,1-2H3,(H2,18,19,20);1H. The highest BCUT2D eigenvalue weighted by atomic mass is 127. The predicted molar refractivity (Wildman–Crippen MR) is 94.9 cm³/mol. The zero-order valence-electron chi connectivity index (χ0n) is 13.4. The third kappa shape index (κ3) is 9.70. The number of halogens is 4. The molecule has 0 spiro atoms. The average molecular weight is 436 g/mol. The first-order valence-corrected chi connectivity index (χ1v) is 7.68. The molecule has 0 radical (unpaired) electrons. The van der Waals surface area contributed by atoms with Crippen LogP contribution in [0.2, 0.25) is 0 Å². The second kappa shape index (κ2) is 11.3. The summed E-state index contributed by atoms with van der Waals surface area (Å²) in [6.45, 7) is 6.21. The van der Waals surface area contributed by atoms with Gasteiger partial charge in [0.1, 0.15) is 0 Å². The van der Waals surface area contributed by atoms with E-state index < -0.39 is 12.6 Å². The SMILES string of the molecule is CCN1CCC(CCNC(=NC)NCCC(F)(F)F)CC1.I. The van der Waals surface area contributed by atoms with Crippen molar-refractivity contribution >= 4 is 29.9 Å². The van der Waals surface area contributed by atoms with Gasteiger partial charge in [-0.05, 0) is 44.8 Å². The van der Waals surface area contributed by atoms with Gasteiger partial charge in [-0.2, -0.15) is 13.2 Å². The van der Waals surface area contributed by atoms with Crippen LogP contribution in [-0.2, 0) is 0 Å². The van der Waals surface area contributed by atoms with Crippen molar-refractivity contribution in [1.29, 1.82) is 0 Å². The van der Waals surface area contributed by atoms with Crippen LogP contribution in [0.25, 0.3) is 0 Å². The molecule has 8 heteroatoms. The van der Waals surface area contributed by atoms with Gasteiger partial charge in [0.15, 0.2) is 5.96 Å². The highest BCUT2D eigenvalue weighted by Gasteiger charge is 2.26. The maximum Gasteiger partial charge on any atom is 0.390 e. The molecule has 1 aliphatic rings. The molecule has 0 unspecified atom stereocenters. The zero-order valence-corrected chi connectivity index (χ0v) is 15.7. The summed E-state index contributed by atoms with van der Waals surface area (Å²) in [4.78, 5) is 6.38. The summed E-state index contributed by atoms with van der Waals surface area (Å²) in [5.74, 6) is 1.15. The summed E-state index contributed by atoms with van der Waals surface area (Å²) in [5.41, 5.74) is 0. The van der Waals surface area contributed by atoms with Crippen molar-refractivity contribution in [3.05, 3.63) is 0 Å². The molecule has 1 saturated heterocycles. The highest BCUT2D eigenvalue weighted by Crippen LogP contribution is 2.19. The van der Waals surface area contributed by atoms with Gasteiger partial charge in [-0.25, -0.2) is 0 Å². The van der Waals surface area contributed by atoms with E-state index in [9.17, 15) is 13.2 Å². The van der Waals surface area contributed by atoms with Gasteiger partial charge in [0, 0.05) is 20.1 Å². The second-order valence-corrected chi connectivity index (χ2v) is 5.46. The topological polar surface area (TPSA) is 39.7 Å². The molecule has 0 aliphatic carbocycles. The van der Waals surface area contributed by atoms with Crippen LogP contribution in [-0.4, -0.2) is 56.8 Å². The fourth-order valence-electron chi connectivity index (χ4n) is 2.53. The number of hydrogen-bond acceptors (Lipinski definition) is 2. The van der Waals surface area contributed by atoms with Gasteiger partial charge in [-0.3, -0.25) is 4.99 Å². The molecule has 22 heavy (non-hydrogen) atoms. The Hall–Kier alpha value is -0.250. The summed E-state index contributed by atoms with van der Waals surface area (Å²) in [6.07, 6.45) is -1.52. The molecule has 0 aromatic carbocycles. The molecule has 0 bridgehead atoms. The molecule has 0 aromatic heterocycles. The van der Waals surface area contributed by atoms with Crippen LogP contribution in [0.15, 0.2) is 4.99 Å². The van der Waals surface area contributed by atoms with Gasteiger partial charge < -0.3 is 15.5 Å². The van der Waals surface area contributed by atoms with E-state index in [0.29, 0.717) is 11.9 Å². The molecular formula is C14H28F3IN4. The van der Waals surface area contributed by atoms with E-state index in [1.165, 1.54) is 12.8 Å². The van der Waals surface area contributed by atoms with Crippen molar-refractivity contribution in [3.63, 3.8) is 0 Å². The lowest BCUT2D eigenvalue weighted by atomic mass is 9.93. The minimum Gasteiger partial charge on any atom is -0.356 e. The molecule has 2 N–H and O–H groups in total. The fourth-order valence-corrected chi connectivity index (χ4v) is 2.53. The Morgan fingerprint density at radius 2 is 1.77 bits per heavy atom. The van der Waals surface area contributed by atoms with Crippen LogP contribution >= 0.6 is 24.0 Å². The quantitative estimate of drug-likeness (QED) is 0.382. The van der Waals surface area contributed by atoms with Gasteiger partial charge in [0.25, 0.3) is 0 Å². The van der Waals surface area contributed by atoms with E-state index >= 15 is 0 Å². The maximum absolute atomic E-state index is 12.1. The number of nitrogens with zero attached hydrogens (tertiary/aromatic N) is 2. The molecule has 4 nitrogen and oxygen atoms in total. The molecule has 1 aliphatic heterocycles. The number of nitrogens with one attached hydrogen (secondary N) is 2. The number of guanidine groups is 1. The van der Waals surface area contributed by atoms with E-state index in [0.717, 1.165) is 32.6 Å². The van der Waals surface area contributed by atoms with Crippen LogP contribution in [0.3, 0.4) is 0 Å². The number of hydrogen-bond donors (Lipinski definition) is 2. The first-order valence-electron chi connectivity index (χ1n) is 7.68. The molecule has 1 rings (SSSR count). The van der Waals surface area contributed by atoms with Gasteiger partial charge in [-0.15, -0.1) is 24.0 Å². The smallest absolute Gasteiger partial charge is 0.356 e. The van der Waals surface area contributed by atoms with E-state index in [4.69, 9.17) is 0 Å². The minimum absolute atomic E-state index is 0. The number of likely N-dealkylation sites (tertiary alicyclic amines) is 1. The zero-order chi connectivity index (χ0) is 15.7. The van der Waals surface area contributed by atoms with Crippen LogP contribution in [0.4, 0.5) is 13.2 Å². The van der Waals surface area contributed by atoms with Crippen molar-refractivity contribution in [1.82, 2.24) is 15.5 Å². The molecule has 0 atom stereocenters. The van der Waals surface area contributed by atoms with E-state index in [1.807, 2.05) is 0 Å². The van der Waals surface area contributed by atoms with Crippen LogP contribution in [0.1, 0.15) is 32.6 Å². The number of piperidine rings is 1. The molecule has 0 amide bonds. The molecule has 1 heterocycles. The Bertz CT molecular complexity index is 316. The van der Waals surface area contributed by atoms with Crippen molar-refractivity contribution < 1.29 is 13.2 Å². The van der Waals surface area contributed by atoms with E-state index in [-0.39, 0.29) is 30.5 Å². The Kier molecular flexibility index (Phi) is 11.2. The summed E-state index contributed by atoms with van der Waals surface area (Å²) in [5, 5.41) is 5.78. The molecule has 0 aromatic rings. The lowest BCUT2D eigenvalue weighted by Crippen LogP contribution is -2.40. The largest absolute Gasteiger partial charge is 0.390 e. The minimum atomic E-state index is -4.13. The Labute approximate surface area is 148 Å². The average Bonchev–Trinajstić information content (AvgIpc) is 2.45. The normalized spacial score (nSPS) is 18.0. The summed E-state index contributed by atoms with van der Waals surface area (Å²) in [7, 11) is 1.57. The number of aliphatic imine (C=N–C) groups is 1. The van der Waals surface area contributed by atoms with Crippen molar-refractivity contribution in [2.75, 3.05) is 39.8 Å². The highest BCUT2D eigenvalue weighted by molar-refractivity contribution is 14.0. The van der Waals surface area contributed by atoms with Gasteiger partial charge in [0.2, 0.25) is 0 Å². The first kappa shape index (κ1) is 21.8. The molecule has 132 valence electrons. The van der Waals surface area contributed by atoms with Crippen LogP contribution < -0.4 is 10.6 Å². The van der Waals surface area contributed by atoms with Crippen molar-refractivity contribution in [2.45, 2.75) is 38.8 Å². The van der Waals surface area contributed by atoms with Crippen LogP contribution in [0, 0.1) is 5.92 Å². The van der Waals surface area contributed by atoms with Gasteiger partial charge in [-0.1, -0.05) is 6.92 Å². The fraction of sp³-hybridized carbons (Fsp3) is 0.929. The Morgan fingerprint density at radius 3 is 2.27 bits per heavy atom. The Balaban J connectivity index is 0.00000441. The van der Waals surface area contributed by atoms with Gasteiger partial charge >= 0.3 is 6.18 Å². The number of alkyl halides is 3. The lowest BCUT2D eigenvalue weighted by molar-refractivity contribution is -0.132. The second-order valence-electron chi connectivity index (χ2n) is 5.46. The molecular weight excluding hydrogens is 408 g/mol. The van der Waals surface area contributed by atoms with Crippen molar-refractivity contribution in [2.24, 2.45) is 10.9 Å². The monoisotopic (exact) mass is 436 g/mol. The third-order valence-corrected chi connectivity index (χ3v) is 3.92. The van der Waals surface area contributed by atoms with E-state index in [1.54, 1.807) is 7.05 Å². The maximum atomic E-state index is 12.1. The lowest BCUT2D eigenvalue weighted by Gasteiger charge is -2.31. The van der Waals surface area contributed by atoms with E-state index in [2.05, 4.69) is 27.4 Å². The summed E-state index contributed by atoms with van der Waals surface area (Å²) < 4.78 is 36.2. The molecule has 0 saturated carbocycles. The summed E-state index contributed by atoms with van der Waals surface area (Å²) >= 11 is 0. The van der Waals surface area contributed by atoms with Crippen LogP contribution in [0.5, 0.6) is 0 Å². The Morgan fingerprint density at radius 1 is 1.18 bits per heavy atom. The molecule has 1 fully saturated rings. The summed E-state index contributed by atoms with van der Waals surface area (Å²) in [6, 6.07) is 0.